The molecule has 7 heteroatoms. The number of halogens is 1. The van der Waals surface area contributed by atoms with Gasteiger partial charge < -0.3 is 15.4 Å². The Morgan fingerprint density at radius 1 is 1.30 bits per heavy atom. The molecule has 1 heterocycles. The van der Waals surface area contributed by atoms with E-state index in [1.54, 1.807) is 26.3 Å². The summed E-state index contributed by atoms with van der Waals surface area (Å²) in [5.74, 6) is 0.444. The van der Waals surface area contributed by atoms with Crippen LogP contribution in [0.5, 0.6) is 0 Å². The average Bonchev–Trinajstić information content (AvgIpc) is 2.88. The van der Waals surface area contributed by atoms with Gasteiger partial charge in [-0.1, -0.05) is 12.1 Å². The molecule has 148 valence electrons. The molecule has 27 heavy (non-hydrogen) atoms. The monoisotopic (exact) mass is 375 g/mol. The van der Waals surface area contributed by atoms with E-state index in [0.717, 1.165) is 17.7 Å². The number of aliphatic imine (C=N–C) groups is 1. The normalized spacial score (nSPS) is 14.1. The maximum atomic E-state index is 13.1. The van der Waals surface area contributed by atoms with Crippen molar-refractivity contribution in [3.63, 3.8) is 0 Å². The summed E-state index contributed by atoms with van der Waals surface area (Å²) < 4.78 is 20.6. The number of nitrogens with zero attached hydrogens (tertiary/aromatic N) is 3. The number of guanidine groups is 1. The first kappa shape index (κ1) is 20.9. The fourth-order valence-electron chi connectivity index (χ4n) is 3.10. The summed E-state index contributed by atoms with van der Waals surface area (Å²) in [6, 6.07) is 6.53. The molecule has 2 N–H and O–H groups in total. The van der Waals surface area contributed by atoms with Crippen LogP contribution in [-0.2, 0) is 18.2 Å². The van der Waals surface area contributed by atoms with Gasteiger partial charge in [0.2, 0.25) is 0 Å². The summed E-state index contributed by atoms with van der Waals surface area (Å²) in [4.78, 5) is 4.29. The maximum Gasteiger partial charge on any atom is 0.191 e. The van der Waals surface area contributed by atoms with Crippen LogP contribution < -0.4 is 10.6 Å². The number of methoxy groups -OCH3 is 1. The molecule has 0 saturated heterocycles. The van der Waals surface area contributed by atoms with Crippen LogP contribution in [-0.4, -0.2) is 42.5 Å². The summed E-state index contributed by atoms with van der Waals surface area (Å²) in [5.41, 5.74) is 4.41. The molecule has 0 spiro atoms. The van der Waals surface area contributed by atoms with E-state index in [4.69, 9.17) is 4.74 Å². The van der Waals surface area contributed by atoms with E-state index < -0.39 is 0 Å². The van der Waals surface area contributed by atoms with Crippen molar-refractivity contribution in [1.82, 2.24) is 20.4 Å². The lowest BCUT2D eigenvalue weighted by Gasteiger charge is -2.21. The Hall–Kier alpha value is -2.41. The van der Waals surface area contributed by atoms with Gasteiger partial charge in [0.05, 0.1) is 11.8 Å². The van der Waals surface area contributed by atoms with E-state index >= 15 is 0 Å². The largest absolute Gasteiger partial charge is 0.375 e. The Morgan fingerprint density at radius 2 is 1.96 bits per heavy atom. The van der Waals surface area contributed by atoms with Gasteiger partial charge in [-0.2, -0.15) is 5.10 Å². The zero-order valence-corrected chi connectivity index (χ0v) is 17.0. The smallest absolute Gasteiger partial charge is 0.191 e. The number of hydrogen-bond donors (Lipinski definition) is 2. The van der Waals surface area contributed by atoms with Gasteiger partial charge >= 0.3 is 0 Å². The van der Waals surface area contributed by atoms with Crippen molar-refractivity contribution < 1.29 is 9.13 Å². The van der Waals surface area contributed by atoms with Crippen molar-refractivity contribution in [1.29, 1.82) is 0 Å². The molecule has 1 aromatic heterocycles. The Labute approximate surface area is 160 Å². The van der Waals surface area contributed by atoms with Crippen molar-refractivity contribution in [2.45, 2.75) is 39.3 Å². The molecule has 0 radical (unpaired) electrons. The molecule has 6 nitrogen and oxygen atoms in total. The minimum Gasteiger partial charge on any atom is -0.375 e. The van der Waals surface area contributed by atoms with Gasteiger partial charge in [0.25, 0.3) is 0 Å². The molecule has 2 aromatic rings. The summed E-state index contributed by atoms with van der Waals surface area (Å²) in [6.45, 7) is 6.76. The molecule has 2 rings (SSSR count). The third-order valence-corrected chi connectivity index (χ3v) is 4.76. The van der Waals surface area contributed by atoms with Gasteiger partial charge in [0.1, 0.15) is 5.82 Å². The third kappa shape index (κ3) is 5.53. The van der Waals surface area contributed by atoms with E-state index in [2.05, 4.69) is 34.6 Å². The lowest BCUT2D eigenvalue weighted by molar-refractivity contribution is 0.106. The second kappa shape index (κ2) is 9.50. The quantitative estimate of drug-likeness (QED) is 0.577. The fourth-order valence-corrected chi connectivity index (χ4v) is 3.10. The molecule has 0 amide bonds. The average molecular weight is 375 g/mol. The van der Waals surface area contributed by atoms with Gasteiger partial charge in [0.15, 0.2) is 5.96 Å². The van der Waals surface area contributed by atoms with Crippen LogP contribution in [0.4, 0.5) is 4.39 Å². The van der Waals surface area contributed by atoms with Gasteiger partial charge in [-0.25, -0.2) is 4.39 Å². The second-order valence-electron chi connectivity index (χ2n) is 6.75. The molecule has 1 aromatic carbocycles. The van der Waals surface area contributed by atoms with Gasteiger partial charge in [0, 0.05) is 39.5 Å². The Kier molecular flexibility index (Phi) is 7.36. The van der Waals surface area contributed by atoms with Gasteiger partial charge in [-0.3, -0.25) is 9.67 Å². The first-order chi connectivity index (χ1) is 12.8. The van der Waals surface area contributed by atoms with Crippen LogP contribution in [0.1, 0.15) is 35.5 Å². The molecule has 2 atom stereocenters. The zero-order valence-electron chi connectivity index (χ0n) is 17.0. The highest BCUT2D eigenvalue weighted by Gasteiger charge is 2.15. The minimum atomic E-state index is -0.256. The first-order valence-corrected chi connectivity index (χ1v) is 9.10. The molecule has 0 bridgehead atoms. The number of hydrogen-bond acceptors (Lipinski definition) is 3. The molecular formula is C20H30FN5O. The van der Waals surface area contributed by atoms with Crippen LogP contribution in [0.2, 0.25) is 0 Å². The van der Waals surface area contributed by atoms with Crippen molar-refractivity contribution in [2.75, 3.05) is 20.7 Å². The Morgan fingerprint density at radius 3 is 2.48 bits per heavy atom. The molecule has 0 aliphatic carbocycles. The number of benzene rings is 1. The van der Waals surface area contributed by atoms with Crippen LogP contribution in [0.3, 0.4) is 0 Å². The number of aryl methyl sites for hydroxylation is 2. The first-order valence-electron chi connectivity index (χ1n) is 9.10. The minimum absolute atomic E-state index is 0.185. The highest BCUT2D eigenvalue weighted by Crippen LogP contribution is 2.16. The van der Waals surface area contributed by atoms with Crippen molar-refractivity contribution in [2.24, 2.45) is 12.0 Å². The molecule has 0 saturated carbocycles. The predicted molar refractivity (Wildman–Crippen MR) is 106 cm³/mol. The van der Waals surface area contributed by atoms with Gasteiger partial charge in [-0.05, 0) is 50.5 Å². The fraction of sp³-hybridized carbons (Fsp3) is 0.500. The molecule has 2 unspecified atom stereocenters. The standard InChI is InChI=1S/C20H30FN5O/c1-13(11-18-14(2)25-26(5)15(18)3)24-20(22-4)23-12-19(27-6)16-7-9-17(21)10-8-16/h7-10,13,19H,11-12H2,1-6H3,(H2,22,23,24). The number of aromatic nitrogens is 2. The van der Waals surface area contributed by atoms with Crippen molar-refractivity contribution >= 4 is 5.96 Å². The number of ether oxygens (including phenoxy) is 1. The summed E-state index contributed by atoms with van der Waals surface area (Å²) in [6.07, 6.45) is 0.667. The van der Waals surface area contributed by atoms with Crippen LogP contribution in [0.15, 0.2) is 29.3 Å². The molecule has 0 aliphatic rings. The SMILES string of the molecule is CN=C(NCC(OC)c1ccc(F)cc1)NC(C)Cc1c(C)nn(C)c1C. The third-order valence-electron chi connectivity index (χ3n) is 4.76. The Balaban J connectivity index is 1.93. The molecule has 0 fully saturated rings. The van der Waals surface area contributed by atoms with E-state index in [-0.39, 0.29) is 18.0 Å². The summed E-state index contributed by atoms with van der Waals surface area (Å²) in [5, 5.41) is 11.2. The summed E-state index contributed by atoms with van der Waals surface area (Å²) >= 11 is 0. The highest BCUT2D eigenvalue weighted by molar-refractivity contribution is 5.80. The maximum absolute atomic E-state index is 13.1. The second-order valence-corrected chi connectivity index (χ2v) is 6.75. The topological polar surface area (TPSA) is 63.5 Å². The lowest BCUT2D eigenvalue weighted by Crippen LogP contribution is -2.44. The highest BCUT2D eigenvalue weighted by atomic mass is 19.1. The van der Waals surface area contributed by atoms with E-state index in [0.29, 0.717) is 12.5 Å². The van der Waals surface area contributed by atoms with E-state index in [9.17, 15) is 4.39 Å². The van der Waals surface area contributed by atoms with E-state index in [1.807, 2.05) is 18.7 Å². The van der Waals surface area contributed by atoms with Crippen LogP contribution >= 0.6 is 0 Å². The van der Waals surface area contributed by atoms with Crippen LogP contribution in [0.25, 0.3) is 0 Å². The number of rotatable bonds is 7. The van der Waals surface area contributed by atoms with Crippen molar-refractivity contribution in [3.05, 3.63) is 52.6 Å². The van der Waals surface area contributed by atoms with E-state index in [1.165, 1.54) is 23.4 Å². The zero-order chi connectivity index (χ0) is 20.0. The van der Waals surface area contributed by atoms with Crippen LogP contribution in [0, 0.1) is 19.7 Å². The Bertz CT molecular complexity index is 769. The van der Waals surface area contributed by atoms with Gasteiger partial charge in [-0.15, -0.1) is 0 Å². The molecular weight excluding hydrogens is 345 g/mol. The summed E-state index contributed by atoms with van der Waals surface area (Å²) in [7, 11) is 5.34. The molecule has 0 aliphatic heterocycles. The number of nitrogens with one attached hydrogen (secondary N) is 2. The lowest BCUT2D eigenvalue weighted by atomic mass is 10.1. The predicted octanol–water partition coefficient (Wildman–Crippen LogP) is 2.66. The van der Waals surface area contributed by atoms with Crippen molar-refractivity contribution in [3.8, 4) is 0 Å².